The average Bonchev–Trinajstić information content (AvgIpc) is 2.53. The second-order valence-electron chi connectivity index (χ2n) is 3.01. The zero-order valence-corrected chi connectivity index (χ0v) is 9.14. The molecule has 5 nitrogen and oxygen atoms in total. The standard InChI is InChI=1S/C8H16B2O5/c1-9-13-4-5-7(15-10-2)6(11)8(12-3)14-5/h5,7-10H,4H2,1-3H3/t5-,7-,8+/m1/s1/i9D,10D. The maximum absolute atomic E-state index is 11.8. The fourth-order valence-electron chi connectivity index (χ4n) is 1.41. The van der Waals surface area contributed by atoms with Gasteiger partial charge in [-0.3, -0.25) is 4.79 Å². The minimum Gasteiger partial charge on any atom is -0.437 e. The summed E-state index contributed by atoms with van der Waals surface area (Å²) >= 11 is 0. The second kappa shape index (κ2) is 6.27. The number of methoxy groups -OCH3 is 1. The van der Waals surface area contributed by atoms with Crippen molar-refractivity contribution in [3.63, 3.8) is 0 Å². The second-order valence-corrected chi connectivity index (χ2v) is 3.01. The van der Waals surface area contributed by atoms with Crippen molar-refractivity contribution in [3.05, 3.63) is 0 Å². The smallest absolute Gasteiger partial charge is 0.272 e. The number of hydrogen-bond acceptors (Lipinski definition) is 5. The average molecular weight is 216 g/mol. The summed E-state index contributed by atoms with van der Waals surface area (Å²) in [7, 11) is -0.177. The highest BCUT2D eigenvalue weighted by molar-refractivity contribution is 6.25. The van der Waals surface area contributed by atoms with Gasteiger partial charge in [-0.2, -0.15) is 0 Å². The summed E-state index contributed by atoms with van der Waals surface area (Å²) in [5.74, 6) is -0.349. The van der Waals surface area contributed by atoms with Crippen LogP contribution >= 0.6 is 0 Å². The van der Waals surface area contributed by atoms with E-state index in [1.807, 2.05) is 0 Å². The first-order valence-corrected chi connectivity index (χ1v) is 4.79. The predicted octanol–water partition coefficient (Wildman–Crippen LogP) is -0.872. The third-order valence-electron chi connectivity index (χ3n) is 2.07. The van der Waals surface area contributed by atoms with Crippen LogP contribution in [0.3, 0.4) is 0 Å². The van der Waals surface area contributed by atoms with Crippen LogP contribution in [-0.4, -0.2) is 55.6 Å². The van der Waals surface area contributed by atoms with Crippen molar-refractivity contribution >= 4 is 20.7 Å². The van der Waals surface area contributed by atoms with E-state index >= 15 is 0 Å². The van der Waals surface area contributed by atoms with Crippen LogP contribution in [-0.2, 0) is 23.6 Å². The largest absolute Gasteiger partial charge is 0.437 e. The van der Waals surface area contributed by atoms with E-state index in [1.54, 1.807) is 6.82 Å². The Morgan fingerprint density at radius 2 is 2.27 bits per heavy atom. The number of carbonyl (C=O) groups is 1. The zero-order chi connectivity index (χ0) is 13.0. The van der Waals surface area contributed by atoms with Crippen molar-refractivity contribution in [2.45, 2.75) is 32.1 Å². The lowest BCUT2D eigenvalue weighted by molar-refractivity contribution is -0.152. The van der Waals surface area contributed by atoms with E-state index in [0.717, 1.165) is 0 Å². The third-order valence-corrected chi connectivity index (χ3v) is 2.07. The van der Waals surface area contributed by atoms with Gasteiger partial charge in [-0.25, -0.2) is 0 Å². The molecule has 3 atom stereocenters. The zero-order valence-electron chi connectivity index (χ0n) is 11.1. The number of ether oxygens (including phenoxy) is 2. The first kappa shape index (κ1) is 9.84. The molecular formula is C8H16B2O5. The summed E-state index contributed by atoms with van der Waals surface area (Å²) in [6.07, 6.45) is -2.48. The minimum atomic E-state index is -0.978. The summed E-state index contributed by atoms with van der Waals surface area (Å²) in [6, 6.07) is 0. The third kappa shape index (κ3) is 3.04. The first-order valence-electron chi connectivity index (χ1n) is 5.94. The Hall–Kier alpha value is -0.360. The number of rotatable bonds is 6. The molecular weight excluding hydrogens is 198 g/mol. The van der Waals surface area contributed by atoms with Crippen LogP contribution in [0.5, 0.6) is 0 Å². The van der Waals surface area contributed by atoms with Crippen LogP contribution < -0.4 is 0 Å². The van der Waals surface area contributed by atoms with Crippen molar-refractivity contribution in [2.75, 3.05) is 13.7 Å². The van der Waals surface area contributed by atoms with Gasteiger partial charge >= 0.3 is 0 Å². The van der Waals surface area contributed by atoms with Gasteiger partial charge in [-0.05, 0) is 0 Å². The fraction of sp³-hybridized carbons (Fsp3) is 0.875. The van der Waals surface area contributed by atoms with Gasteiger partial charge in [0, 0.05) is 9.78 Å². The van der Waals surface area contributed by atoms with Gasteiger partial charge in [-0.1, -0.05) is 13.6 Å². The Kier molecular flexibility index (Phi) is 4.11. The van der Waals surface area contributed by atoms with Crippen molar-refractivity contribution in [1.82, 2.24) is 0 Å². The SMILES string of the molecule is [2H]B(C)OC[C@H]1O[C@H](OC)C(=O)[C@@H]1OB([2H])C. The molecule has 0 aliphatic carbocycles. The van der Waals surface area contributed by atoms with Crippen LogP contribution in [0.25, 0.3) is 0 Å². The highest BCUT2D eigenvalue weighted by Gasteiger charge is 2.43. The molecule has 1 aliphatic rings. The van der Waals surface area contributed by atoms with Gasteiger partial charge in [0.2, 0.25) is 12.1 Å². The molecule has 0 radical (unpaired) electrons. The van der Waals surface area contributed by atoms with E-state index in [9.17, 15) is 4.79 Å². The fourth-order valence-corrected chi connectivity index (χ4v) is 1.41. The van der Waals surface area contributed by atoms with Gasteiger partial charge in [0.25, 0.3) is 14.9 Å². The number of Topliss-reactive ketones (excluding diaryl/α,β-unsaturated/α-hetero) is 1. The summed E-state index contributed by atoms with van der Waals surface area (Å²) in [6.45, 7) is 3.14. The van der Waals surface area contributed by atoms with Crippen LogP contribution in [0.15, 0.2) is 0 Å². The van der Waals surface area contributed by atoms with Crippen LogP contribution in [0.2, 0.25) is 13.6 Å². The molecule has 0 aromatic carbocycles. The first-order chi connectivity index (χ1) is 7.95. The van der Waals surface area contributed by atoms with Crippen LogP contribution in [0.4, 0.5) is 0 Å². The maximum Gasteiger partial charge on any atom is 0.272 e. The molecule has 1 fully saturated rings. The van der Waals surface area contributed by atoms with Crippen molar-refractivity contribution < 1.29 is 23.6 Å². The van der Waals surface area contributed by atoms with Crippen molar-refractivity contribution in [3.8, 4) is 0 Å². The van der Waals surface area contributed by atoms with E-state index in [-0.39, 0.29) is 12.4 Å². The normalized spacial score (nSPS) is 32.5. The van der Waals surface area contributed by atoms with Gasteiger partial charge in [0.1, 0.15) is 12.2 Å². The molecule has 7 heteroatoms. The summed E-state index contributed by atoms with van der Waals surface area (Å²) in [5, 5.41) is 0. The lowest BCUT2D eigenvalue weighted by Crippen LogP contribution is -2.35. The van der Waals surface area contributed by atoms with E-state index < -0.39 is 33.4 Å². The van der Waals surface area contributed by atoms with E-state index in [0.29, 0.717) is 0 Å². The number of carbonyl (C=O) groups excluding carboxylic acids is 1. The predicted molar refractivity (Wildman–Crippen MR) is 57.5 cm³/mol. The summed E-state index contributed by atoms with van der Waals surface area (Å²) < 4.78 is 34.9. The molecule has 0 bridgehead atoms. The molecule has 1 saturated heterocycles. The van der Waals surface area contributed by atoms with E-state index in [2.05, 4.69) is 0 Å². The van der Waals surface area contributed by atoms with Crippen molar-refractivity contribution in [1.29, 1.82) is 2.67 Å². The molecule has 0 amide bonds. The molecule has 1 rings (SSSR count). The highest BCUT2D eigenvalue weighted by Crippen LogP contribution is 2.20. The van der Waals surface area contributed by atoms with Gasteiger partial charge in [0.05, 0.1) is 6.61 Å². The highest BCUT2D eigenvalue weighted by atomic mass is 16.7. The quantitative estimate of drug-likeness (QED) is 0.540. The molecule has 84 valence electrons. The lowest BCUT2D eigenvalue weighted by Gasteiger charge is -2.16. The molecule has 0 spiro atoms. The van der Waals surface area contributed by atoms with Crippen LogP contribution in [0.1, 0.15) is 0 Å². The number of hydrogen-bond donors (Lipinski definition) is 0. The Bertz CT molecular complexity index is 266. The van der Waals surface area contributed by atoms with Gasteiger partial charge in [-0.15, -0.1) is 0 Å². The molecule has 15 heavy (non-hydrogen) atoms. The summed E-state index contributed by atoms with van der Waals surface area (Å²) in [5.41, 5.74) is 0. The Labute approximate surface area is 93.7 Å². The molecule has 0 saturated carbocycles. The summed E-state index contributed by atoms with van der Waals surface area (Å²) in [4.78, 5) is 11.8. The number of ketones is 1. The molecule has 0 aromatic rings. The van der Waals surface area contributed by atoms with Gasteiger partial charge < -0.3 is 18.8 Å². The monoisotopic (exact) mass is 216 g/mol. The molecule has 0 aromatic heterocycles. The molecule has 0 unspecified atom stereocenters. The Morgan fingerprint density at radius 3 is 2.80 bits per heavy atom. The Morgan fingerprint density at radius 1 is 1.53 bits per heavy atom. The van der Waals surface area contributed by atoms with E-state index in [1.165, 1.54) is 13.9 Å². The van der Waals surface area contributed by atoms with Crippen LogP contribution in [0, 0.1) is 0 Å². The van der Waals surface area contributed by atoms with Gasteiger partial charge in [0.15, 0.2) is 0 Å². The maximum atomic E-state index is 11.8. The molecule has 1 heterocycles. The van der Waals surface area contributed by atoms with Crippen molar-refractivity contribution in [2.24, 2.45) is 0 Å². The molecule has 1 aliphatic heterocycles. The Balaban J connectivity index is 2.61. The topological polar surface area (TPSA) is 54.0 Å². The molecule has 0 N–H and O–H groups in total. The lowest BCUT2D eigenvalue weighted by atomic mass is 10.0. The van der Waals surface area contributed by atoms with E-state index in [4.69, 9.17) is 21.5 Å². The minimum absolute atomic E-state index is 0.0631.